The number of carbonyl (C=O) groups is 3. The van der Waals surface area contributed by atoms with Crippen LogP contribution in [0.2, 0.25) is 0 Å². The van der Waals surface area contributed by atoms with Crippen LogP contribution in [0.15, 0.2) is 24.3 Å². The zero-order valence-corrected chi connectivity index (χ0v) is 16.2. The SMILES string of the molecule is CC(=O)N1CC(NC(=O)c2ccc(C3(CN(C)C)CC3)cc2)CC1C(N)=O. The molecule has 27 heavy (non-hydrogen) atoms. The molecule has 3 amide bonds. The first-order valence-electron chi connectivity index (χ1n) is 9.34. The lowest BCUT2D eigenvalue weighted by molar-refractivity contribution is -0.135. The molecule has 0 spiro atoms. The van der Waals surface area contributed by atoms with Crippen LogP contribution in [0.3, 0.4) is 0 Å². The van der Waals surface area contributed by atoms with E-state index in [2.05, 4.69) is 24.3 Å². The van der Waals surface area contributed by atoms with Crippen molar-refractivity contribution in [1.82, 2.24) is 15.1 Å². The fraction of sp³-hybridized carbons (Fsp3) is 0.550. The Morgan fingerprint density at radius 2 is 1.85 bits per heavy atom. The number of carbonyl (C=O) groups excluding carboxylic acids is 3. The van der Waals surface area contributed by atoms with Crippen molar-refractivity contribution in [2.24, 2.45) is 5.73 Å². The Morgan fingerprint density at radius 3 is 2.30 bits per heavy atom. The molecule has 1 aromatic rings. The summed E-state index contributed by atoms with van der Waals surface area (Å²) in [5.74, 6) is -0.949. The minimum atomic E-state index is -0.657. The van der Waals surface area contributed by atoms with Gasteiger partial charge in [-0.2, -0.15) is 0 Å². The molecule has 146 valence electrons. The molecule has 2 unspecified atom stereocenters. The largest absolute Gasteiger partial charge is 0.368 e. The Bertz CT molecular complexity index is 718. The van der Waals surface area contributed by atoms with E-state index < -0.39 is 11.9 Å². The first-order chi connectivity index (χ1) is 12.7. The molecule has 7 nitrogen and oxygen atoms in total. The van der Waals surface area contributed by atoms with Crippen LogP contribution < -0.4 is 11.1 Å². The highest BCUT2D eigenvalue weighted by Gasteiger charge is 2.44. The number of nitrogens with zero attached hydrogens (tertiary/aromatic N) is 2. The number of hydrogen-bond donors (Lipinski definition) is 2. The van der Waals surface area contributed by atoms with Crippen molar-refractivity contribution >= 4 is 17.7 Å². The number of likely N-dealkylation sites (tertiary alicyclic amines) is 1. The van der Waals surface area contributed by atoms with Gasteiger partial charge in [0.1, 0.15) is 6.04 Å². The standard InChI is InChI=1S/C20H28N4O3/c1-13(25)24-11-16(10-17(24)18(21)26)22-19(27)14-4-6-15(7-5-14)20(8-9-20)12-23(2)3/h4-7,16-17H,8-12H2,1-3H3,(H2,21,26)(H,22,27). The molecule has 1 saturated carbocycles. The third-order valence-electron chi connectivity index (χ3n) is 5.60. The lowest BCUT2D eigenvalue weighted by Gasteiger charge is -2.21. The van der Waals surface area contributed by atoms with Crippen LogP contribution in [-0.4, -0.2) is 66.8 Å². The summed E-state index contributed by atoms with van der Waals surface area (Å²) in [6.07, 6.45) is 2.70. The number of likely N-dealkylation sites (N-methyl/N-ethyl adjacent to an activating group) is 1. The molecule has 1 heterocycles. The van der Waals surface area contributed by atoms with Gasteiger partial charge in [-0.3, -0.25) is 14.4 Å². The van der Waals surface area contributed by atoms with Crippen molar-refractivity contribution in [3.63, 3.8) is 0 Å². The van der Waals surface area contributed by atoms with Crippen LogP contribution in [0.5, 0.6) is 0 Å². The van der Waals surface area contributed by atoms with Gasteiger partial charge in [-0.25, -0.2) is 0 Å². The first kappa shape index (κ1) is 19.4. The molecule has 2 aliphatic rings. The number of benzene rings is 1. The van der Waals surface area contributed by atoms with E-state index in [1.807, 2.05) is 24.3 Å². The quantitative estimate of drug-likeness (QED) is 0.759. The molecular weight excluding hydrogens is 344 g/mol. The van der Waals surface area contributed by atoms with E-state index in [9.17, 15) is 14.4 Å². The van der Waals surface area contributed by atoms with Gasteiger partial charge in [0.25, 0.3) is 5.91 Å². The summed E-state index contributed by atoms with van der Waals surface area (Å²) in [6, 6.07) is 6.84. The zero-order valence-electron chi connectivity index (χ0n) is 16.2. The summed E-state index contributed by atoms with van der Waals surface area (Å²) >= 11 is 0. The van der Waals surface area contributed by atoms with Crippen molar-refractivity contribution in [3.8, 4) is 0 Å². The summed E-state index contributed by atoms with van der Waals surface area (Å²) in [5.41, 5.74) is 7.45. The lowest BCUT2D eigenvalue weighted by Crippen LogP contribution is -2.42. The molecule has 1 aliphatic heterocycles. The van der Waals surface area contributed by atoms with Gasteiger partial charge in [0.2, 0.25) is 11.8 Å². The monoisotopic (exact) mass is 372 g/mol. The van der Waals surface area contributed by atoms with Gasteiger partial charge in [-0.05, 0) is 51.1 Å². The highest BCUT2D eigenvalue weighted by atomic mass is 16.2. The Balaban J connectivity index is 1.64. The molecule has 0 aromatic heterocycles. The minimum absolute atomic E-state index is 0.197. The smallest absolute Gasteiger partial charge is 0.251 e. The maximum Gasteiger partial charge on any atom is 0.251 e. The summed E-state index contributed by atoms with van der Waals surface area (Å²) in [7, 11) is 4.15. The predicted molar refractivity (Wildman–Crippen MR) is 102 cm³/mol. The normalized spacial score (nSPS) is 23.3. The van der Waals surface area contributed by atoms with E-state index in [0.717, 1.165) is 6.54 Å². The average molecular weight is 372 g/mol. The highest BCUT2D eigenvalue weighted by Crippen LogP contribution is 2.48. The molecule has 3 N–H and O–H groups in total. The minimum Gasteiger partial charge on any atom is -0.368 e. The number of nitrogens with two attached hydrogens (primary N) is 1. The lowest BCUT2D eigenvalue weighted by atomic mass is 9.94. The van der Waals surface area contributed by atoms with Gasteiger partial charge in [0.05, 0.1) is 0 Å². The van der Waals surface area contributed by atoms with Crippen molar-refractivity contribution in [2.45, 2.75) is 43.7 Å². The van der Waals surface area contributed by atoms with Gasteiger partial charge >= 0.3 is 0 Å². The summed E-state index contributed by atoms with van der Waals surface area (Å²) < 4.78 is 0. The molecule has 2 atom stereocenters. The Labute approximate surface area is 159 Å². The molecule has 1 saturated heterocycles. The highest BCUT2D eigenvalue weighted by molar-refractivity contribution is 5.95. The van der Waals surface area contributed by atoms with Crippen LogP contribution in [0, 0.1) is 0 Å². The number of amides is 3. The van der Waals surface area contributed by atoms with E-state index in [0.29, 0.717) is 18.5 Å². The summed E-state index contributed by atoms with van der Waals surface area (Å²) in [5, 5.41) is 2.92. The van der Waals surface area contributed by atoms with Crippen molar-refractivity contribution in [2.75, 3.05) is 27.2 Å². The second kappa shape index (κ2) is 7.31. The van der Waals surface area contributed by atoms with Gasteiger partial charge in [0, 0.05) is 37.0 Å². The van der Waals surface area contributed by atoms with Crippen LogP contribution in [0.25, 0.3) is 0 Å². The molecular formula is C20H28N4O3. The molecule has 1 aliphatic carbocycles. The number of nitrogens with one attached hydrogen (secondary N) is 1. The second-order valence-corrected chi connectivity index (χ2v) is 8.09. The Hall–Kier alpha value is -2.41. The fourth-order valence-electron chi connectivity index (χ4n) is 4.10. The summed E-state index contributed by atoms with van der Waals surface area (Å²) in [4.78, 5) is 39.4. The fourth-order valence-corrected chi connectivity index (χ4v) is 4.10. The first-order valence-corrected chi connectivity index (χ1v) is 9.34. The number of hydrogen-bond acceptors (Lipinski definition) is 4. The van der Waals surface area contributed by atoms with Crippen molar-refractivity contribution in [1.29, 1.82) is 0 Å². The van der Waals surface area contributed by atoms with E-state index in [1.54, 1.807) is 0 Å². The zero-order chi connectivity index (χ0) is 19.8. The summed E-state index contributed by atoms with van der Waals surface area (Å²) in [6.45, 7) is 2.72. The van der Waals surface area contributed by atoms with E-state index in [4.69, 9.17) is 5.73 Å². The van der Waals surface area contributed by atoms with E-state index in [1.165, 1.54) is 30.2 Å². The molecule has 1 aromatic carbocycles. The van der Waals surface area contributed by atoms with Gasteiger partial charge in [0.15, 0.2) is 0 Å². The number of rotatable bonds is 6. The molecule has 0 radical (unpaired) electrons. The molecule has 3 rings (SSSR count). The van der Waals surface area contributed by atoms with Gasteiger partial charge in [-0.1, -0.05) is 12.1 Å². The average Bonchev–Trinajstić information content (AvgIpc) is 3.24. The Morgan fingerprint density at radius 1 is 1.22 bits per heavy atom. The van der Waals surface area contributed by atoms with Crippen molar-refractivity contribution < 1.29 is 14.4 Å². The molecule has 0 bridgehead atoms. The van der Waals surface area contributed by atoms with Crippen LogP contribution in [0.4, 0.5) is 0 Å². The third-order valence-corrected chi connectivity index (χ3v) is 5.60. The third kappa shape index (κ3) is 4.13. The molecule has 2 fully saturated rings. The van der Waals surface area contributed by atoms with Crippen LogP contribution >= 0.6 is 0 Å². The Kier molecular flexibility index (Phi) is 5.24. The van der Waals surface area contributed by atoms with Crippen LogP contribution in [0.1, 0.15) is 42.1 Å². The van der Waals surface area contributed by atoms with Crippen LogP contribution in [-0.2, 0) is 15.0 Å². The number of primary amides is 1. The maximum absolute atomic E-state index is 12.6. The van der Waals surface area contributed by atoms with Gasteiger partial charge < -0.3 is 20.9 Å². The molecule has 7 heteroatoms. The van der Waals surface area contributed by atoms with E-state index >= 15 is 0 Å². The van der Waals surface area contributed by atoms with E-state index in [-0.39, 0.29) is 23.3 Å². The van der Waals surface area contributed by atoms with Crippen molar-refractivity contribution in [3.05, 3.63) is 35.4 Å². The predicted octanol–water partition coefficient (Wildman–Crippen LogP) is 0.484. The van der Waals surface area contributed by atoms with Gasteiger partial charge in [-0.15, -0.1) is 0 Å². The topological polar surface area (TPSA) is 95.7 Å². The second-order valence-electron chi connectivity index (χ2n) is 8.09. The maximum atomic E-state index is 12.6.